The average molecular weight is 443 g/mol. The van der Waals surface area contributed by atoms with Crippen LogP contribution in [-0.4, -0.2) is 21.9 Å². The number of nitrogens with zero attached hydrogens (tertiary/aromatic N) is 2. The van der Waals surface area contributed by atoms with E-state index in [0.717, 1.165) is 11.3 Å². The van der Waals surface area contributed by atoms with Crippen LogP contribution in [0, 0.1) is 0 Å². The molecule has 1 unspecified atom stereocenters. The molecule has 1 amide bonds. The molecule has 3 aromatic rings. The summed E-state index contributed by atoms with van der Waals surface area (Å²) in [4.78, 5) is 12.2. The van der Waals surface area contributed by atoms with Gasteiger partial charge in [-0.25, -0.2) is 0 Å². The fourth-order valence-electron chi connectivity index (χ4n) is 2.19. The van der Waals surface area contributed by atoms with Crippen molar-refractivity contribution >= 4 is 57.3 Å². The fraction of sp³-hybridized carbons (Fsp3) is 0.235. The number of hydrogen-bond donors (Lipinski definition) is 2. The van der Waals surface area contributed by atoms with Crippen molar-refractivity contribution < 1.29 is 9.21 Å². The summed E-state index contributed by atoms with van der Waals surface area (Å²) in [6.07, 6.45) is 1.62. The number of hydrogen-bond acceptors (Lipinski definition) is 7. The van der Waals surface area contributed by atoms with Crippen molar-refractivity contribution in [3.05, 3.63) is 58.0 Å². The number of carbonyl (C=O) groups is 1. The predicted molar refractivity (Wildman–Crippen MR) is 110 cm³/mol. The molecule has 0 radical (unpaired) electrons. The number of rotatable bonds is 8. The minimum absolute atomic E-state index is 0.0983. The zero-order chi connectivity index (χ0) is 19.2. The lowest BCUT2D eigenvalue weighted by Gasteiger charge is -2.14. The van der Waals surface area contributed by atoms with Crippen LogP contribution in [0.1, 0.15) is 24.3 Å². The molecule has 0 aliphatic heterocycles. The van der Waals surface area contributed by atoms with Crippen molar-refractivity contribution in [1.82, 2.24) is 15.5 Å². The molecule has 0 aliphatic carbocycles. The summed E-state index contributed by atoms with van der Waals surface area (Å²) in [6.45, 7) is 2.43. The minimum atomic E-state index is -0.173. The van der Waals surface area contributed by atoms with Gasteiger partial charge in [0, 0.05) is 0 Å². The number of nitrogens with one attached hydrogen (secondary N) is 2. The van der Waals surface area contributed by atoms with Crippen molar-refractivity contribution in [2.75, 3.05) is 11.1 Å². The Morgan fingerprint density at radius 3 is 2.89 bits per heavy atom. The third-order valence-corrected chi connectivity index (χ3v) is 6.30. The molecular weight excluding hydrogens is 427 g/mol. The summed E-state index contributed by atoms with van der Waals surface area (Å²) < 4.78 is 5.97. The quantitative estimate of drug-likeness (QED) is 0.476. The molecule has 142 valence electrons. The first-order chi connectivity index (χ1) is 13.0. The Hall–Kier alpha value is -1.74. The number of halogens is 2. The summed E-state index contributed by atoms with van der Waals surface area (Å²) in [5.41, 5.74) is 0.892. The molecule has 3 rings (SSSR count). The Bertz CT molecular complexity index is 902. The van der Waals surface area contributed by atoms with Gasteiger partial charge in [-0.1, -0.05) is 52.4 Å². The first kappa shape index (κ1) is 20.0. The molecule has 2 heterocycles. The Balaban J connectivity index is 1.45. The predicted octanol–water partition coefficient (Wildman–Crippen LogP) is 5.02. The van der Waals surface area contributed by atoms with Crippen LogP contribution in [0.25, 0.3) is 0 Å². The molecule has 6 nitrogen and oxygen atoms in total. The summed E-state index contributed by atoms with van der Waals surface area (Å²) in [5, 5.41) is 15.8. The SMILES string of the molecule is CC(NC(=O)CSc1nnc(NCc2ccco2)s1)c1ccc(Cl)c(Cl)c1. The van der Waals surface area contributed by atoms with E-state index < -0.39 is 0 Å². The van der Waals surface area contributed by atoms with Crippen LogP contribution < -0.4 is 10.6 Å². The third kappa shape index (κ3) is 5.87. The number of furan rings is 1. The lowest BCUT2D eigenvalue weighted by molar-refractivity contribution is -0.119. The van der Waals surface area contributed by atoms with E-state index in [2.05, 4.69) is 20.8 Å². The van der Waals surface area contributed by atoms with E-state index in [1.807, 2.05) is 25.1 Å². The summed E-state index contributed by atoms with van der Waals surface area (Å²) >= 11 is 14.7. The van der Waals surface area contributed by atoms with Gasteiger partial charge in [0.25, 0.3) is 0 Å². The second kappa shape index (κ2) is 9.45. The van der Waals surface area contributed by atoms with E-state index in [1.165, 1.54) is 23.1 Å². The minimum Gasteiger partial charge on any atom is -0.467 e. The van der Waals surface area contributed by atoms with E-state index in [0.29, 0.717) is 26.1 Å². The van der Waals surface area contributed by atoms with Gasteiger partial charge in [0.2, 0.25) is 11.0 Å². The molecule has 1 aromatic carbocycles. The smallest absolute Gasteiger partial charge is 0.230 e. The van der Waals surface area contributed by atoms with Crippen molar-refractivity contribution in [3.63, 3.8) is 0 Å². The lowest BCUT2D eigenvalue weighted by Crippen LogP contribution is -2.28. The highest BCUT2D eigenvalue weighted by atomic mass is 35.5. The van der Waals surface area contributed by atoms with Gasteiger partial charge in [-0.3, -0.25) is 4.79 Å². The highest BCUT2D eigenvalue weighted by Gasteiger charge is 2.13. The second-order valence-electron chi connectivity index (χ2n) is 5.56. The van der Waals surface area contributed by atoms with Gasteiger partial charge in [0.15, 0.2) is 4.34 Å². The zero-order valence-electron chi connectivity index (χ0n) is 14.2. The Labute approximate surface area is 174 Å². The molecular formula is C17H16Cl2N4O2S2. The highest BCUT2D eigenvalue weighted by Crippen LogP contribution is 2.27. The van der Waals surface area contributed by atoms with Crippen LogP contribution in [0.3, 0.4) is 0 Å². The third-order valence-electron chi connectivity index (χ3n) is 3.55. The van der Waals surface area contributed by atoms with Crippen LogP contribution in [0.2, 0.25) is 10.0 Å². The van der Waals surface area contributed by atoms with E-state index >= 15 is 0 Å². The Morgan fingerprint density at radius 2 is 2.15 bits per heavy atom. The van der Waals surface area contributed by atoms with Gasteiger partial charge in [-0.05, 0) is 36.8 Å². The Morgan fingerprint density at radius 1 is 1.30 bits per heavy atom. The maximum atomic E-state index is 12.2. The second-order valence-corrected chi connectivity index (χ2v) is 8.57. The molecule has 2 N–H and O–H groups in total. The standard InChI is InChI=1S/C17H16Cl2N4O2S2/c1-10(11-4-5-13(18)14(19)7-11)21-15(24)9-26-17-23-22-16(27-17)20-8-12-3-2-6-25-12/h2-7,10H,8-9H2,1H3,(H,20,22)(H,21,24). The van der Waals surface area contributed by atoms with Crippen molar-refractivity contribution in [2.45, 2.75) is 23.8 Å². The van der Waals surface area contributed by atoms with Gasteiger partial charge in [0.1, 0.15) is 5.76 Å². The average Bonchev–Trinajstić information content (AvgIpc) is 3.32. The van der Waals surface area contributed by atoms with Crippen LogP contribution in [0.15, 0.2) is 45.4 Å². The molecule has 10 heteroatoms. The summed E-state index contributed by atoms with van der Waals surface area (Å²) in [7, 11) is 0. The highest BCUT2D eigenvalue weighted by molar-refractivity contribution is 8.01. The van der Waals surface area contributed by atoms with Gasteiger partial charge < -0.3 is 15.1 Å². The number of aromatic nitrogens is 2. The monoisotopic (exact) mass is 442 g/mol. The van der Waals surface area contributed by atoms with Gasteiger partial charge >= 0.3 is 0 Å². The molecule has 0 bridgehead atoms. The van der Waals surface area contributed by atoms with Gasteiger partial charge in [0.05, 0.1) is 34.6 Å². The molecule has 27 heavy (non-hydrogen) atoms. The zero-order valence-corrected chi connectivity index (χ0v) is 17.4. The summed E-state index contributed by atoms with van der Waals surface area (Å²) in [5.74, 6) is 0.965. The largest absolute Gasteiger partial charge is 0.467 e. The first-order valence-corrected chi connectivity index (χ1v) is 10.5. The summed E-state index contributed by atoms with van der Waals surface area (Å²) in [6, 6.07) is 8.85. The molecule has 0 saturated carbocycles. The number of carbonyl (C=O) groups excluding carboxylic acids is 1. The van der Waals surface area contributed by atoms with Crippen molar-refractivity contribution in [1.29, 1.82) is 0 Å². The van der Waals surface area contributed by atoms with Crippen LogP contribution in [0.5, 0.6) is 0 Å². The van der Waals surface area contributed by atoms with Gasteiger partial charge in [-0.15, -0.1) is 10.2 Å². The molecule has 0 saturated heterocycles. The van der Waals surface area contributed by atoms with Crippen LogP contribution in [-0.2, 0) is 11.3 Å². The Kier molecular flexibility index (Phi) is 7.01. The van der Waals surface area contributed by atoms with E-state index in [-0.39, 0.29) is 17.7 Å². The molecule has 0 aliphatic rings. The van der Waals surface area contributed by atoms with E-state index in [9.17, 15) is 4.79 Å². The lowest BCUT2D eigenvalue weighted by atomic mass is 10.1. The van der Waals surface area contributed by atoms with Crippen molar-refractivity contribution in [3.8, 4) is 0 Å². The number of anilines is 1. The number of benzene rings is 1. The first-order valence-electron chi connectivity index (χ1n) is 7.98. The van der Waals surface area contributed by atoms with Crippen molar-refractivity contribution in [2.24, 2.45) is 0 Å². The van der Waals surface area contributed by atoms with Crippen LogP contribution >= 0.6 is 46.3 Å². The molecule has 0 fully saturated rings. The van der Waals surface area contributed by atoms with Crippen LogP contribution in [0.4, 0.5) is 5.13 Å². The maximum absolute atomic E-state index is 12.2. The van der Waals surface area contributed by atoms with E-state index in [4.69, 9.17) is 27.6 Å². The van der Waals surface area contributed by atoms with Gasteiger partial charge in [-0.2, -0.15) is 0 Å². The fourth-order valence-corrected chi connectivity index (χ4v) is 4.06. The molecule has 0 spiro atoms. The van der Waals surface area contributed by atoms with E-state index in [1.54, 1.807) is 18.4 Å². The normalized spacial score (nSPS) is 12.0. The number of thioether (sulfide) groups is 1. The maximum Gasteiger partial charge on any atom is 0.230 e. The topological polar surface area (TPSA) is 80.0 Å². The number of amides is 1. The molecule has 2 aromatic heterocycles. The molecule has 1 atom stereocenters.